The van der Waals surface area contributed by atoms with Crippen LogP contribution in [0.5, 0.6) is 0 Å². The van der Waals surface area contributed by atoms with Crippen molar-refractivity contribution in [3.8, 4) is 0 Å². The predicted octanol–water partition coefficient (Wildman–Crippen LogP) is 0.517. The molecule has 0 N–H and O–H groups in total. The molecule has 19 heavy (non-hydrogen) atoms. The van der Waals surface area contributed by atoms with Crippen molar-refractivity contribution in [1.29, 1.82) is 0 Å². The first-order valence-electron chi connectivity index (χ1n) is 6.77. The van der Waals surface area contributed by atoms with Gasteiger partial charge in [0.1, 0.15) is 0 Å². The van der Waals surface area contributed by atoms with Gasteiger partial charge in [-0.05, 0) is 12.8 Å². The minimum absolute atomic E-state index is 0.0147. The van der Waals surface area contributed by atoms with Crippen LogP contribution in [0, 0.1) is 0 Å². The van der Waals surface area contributed by atoms with E-state index in [0.29, 0.717) is 6.54 Å². The molecule has 0 aliphatic carbocycles. The normalized spacial score (nSPS) is 21.5. The van der Waals surface area contributed by atoms with Gasteiger partial charge in [0.05, 0.1) is 0 Å². The van der Waals surface area contributed by atoms with Gasteiger partial charge >= 0.3 is 0 Å². The Labute approximate surface area is 116 Å². The van der Waals surface area contributed by atoms with Crippen molar-refractivity contribution in [3.05, 3.63) is 0 Å². The number of carbonyl (C=O) groups excluding carboxylic acids is 1. The SMILES string of the molecule is CN1CCCCCCN(S(=O)(=O)N(C)C)CCC1=O. The topological polar surface area (TPSA) is 60.9 Å². The van der Waals surface area contributed by atoms with Crippen LogP contribution in [-0.2, 0) is 15.0 Å². The highest BCUT2D eigenvalue weighted by atomic mass is 32.2. The maximum Gasteiger partial charge on any atom is 0.281 e. The number of rotatable bonds is 2. The fraction of sp³-hybridized carbons (Fsp3) is 0.917. The molecule has 1 heterocycles. The van der Waals surface area contributed by atoms with Crippen LogP contribution in [0.2, 0.25) is 0 Å². The van der Waals surface area contributed by atoms with Crippen LogP contribution < -0.4 is 0 Å². The standard InChI is InChI=1S/C12H25N3O3S/c1-13(2)19(17,18)15-10-7-5-4-6-9-14(3)12(16)8-11-15/h4-11H2,1-3H3. The van der Waals surface area contributed by atoms with Crippen molar-refractivity contribution < 1.29 is 13.2 Å². The van der Waals surface area contributed by atoms with Crippen LogP contribution in [0.25, 0.3) is 0 Å². The number of hydrogen-bond donors (Lipinski definition) is 0. The molecule has 0 spiro atoms. The van der Waals surface area contributed by atoms with E-state index < -0.39 is 10.2 Å². The quantitative estimate of drug-likeness (QED) is 0.745. The summed E-state index contributed by atoms with van der Waals surface area (Å²) in [4.78, 5) is 13.6. The predicted molar refractivity (Wildman–Crippen MR) is 74.9 cm³/mol. The third-order valence-corrected chi connectivity index (χ3v) is 5.38. The first-order chi connectivity index (χ1) is 8.85. The average Bonchev–Trinajstić information content (AvgIpc) is 2.37. The molecule has 1 amide bonds. The highest BCUT2D eigenvalue weighted by molar-refractivity contribution is 7.86. The monoisotopic (exact) mass is 291 g/mol. The second-order valence-corrected chi connectivity index (χ2v) is 7.31. The maximum atomic E-state index is 12.1. The van der Waals surface area contributed by atoms with Gasteiger partial charge < -0.3 is 4.90 Å². The number of nitrogens with zero attached hydrogens (tertiary/aromatic N) is 3. The number of amides is 1. The van der Waals surface area contributed by atoms with E-state index in [1.165, 1.54) is 22.7 Å². The summed E-state index contributed by atoms with van der Waals surface area (Å²) < 4.78 is 26.9. The molecule has 0 atom stereocenters. The Morgan fingerprint density at radius 1 is 1.00 bits per heavy atom. The summed E-state index contributed by atoms with van der Waals surface area (Å²) in [7, 11) is 1.40. The van der Waals surface area contributed by atoms with Crippen LogP contribution >= 0.6 is 0 Å². The van der Waals surface area contributed by atoms with Crippen molar-refractivity contribution >= 4 is 16.1 Å². The van der Waals surface area contributed by atoms with Crippen molar-refractivity contribution in [2.24, 2.45) is 0 Å². The molecule has 0 bridgehead atoms. The van der Waals surface area contributed by atoms with E-state index in [1.54, 1.807) is 11.9 Å². The molecule has 0 saturated carbocycles. The fourth-order valence-corrected chi connectivity index (χ4v) is 3.24. The molecular weight excluding hydrogens is 266 g/mol. The molecule has 6 nitrogen and oxygen atoms in total. The lowest BCUT2D eigenvalue weighted by Crippen LogP contribution is -2.42. The fourth-order valence-electron chi connectivity index (χ4n) is 2.10. The summed E-state index contributed by atoms with van der Waals surface area (Å²) >= 11 is 0. The summed E-state index contributed by atoms with van der Waals surface area (Å²) in [5.74, 6) is 0.0147. The van der Waals surface area contributed by atoms with Crippen LogP contribution in [0.3, 0.4) is 0 Å². The van der Waals surface area contributed by atoms with Gasteiger partial charge in [-0.3, -0.25) is 4.79 Å². The summed E-state index contributed by atoms with van der Waals surface area (Å²) in [6.45, 7) is 1.53. The van der Waals surface area contributed by atoms with Crippen LogP contribution in [0.15, 0.2) is 0 Å². The van der Waals surface area contributed by atoms with Crippen molar-refractivity contribution in [2.75, 3.05) is 40.8 Å². The van der Waals surface area contributed by atoms with E-state index in [1.807, 2.05) is 0 Å². The molecule has 0 unspecified atom stereocenters. The summed E-state index contributed by atoms with van der Waals surface area (Å²) in [6.07, 6.45) is 4.13. The lowest BCUT2D eigenvalue weighted by atomic mass is 10.2. The Hall–Kier alpha value is -0.660. The lowest BCUT2D eigenvalue weighted by molar-refractivity contribution is -0.130. The van der Waals surface area contributed by atoms with Crippen LogP contribution in [0.4, 0.5) is 0 Å². The van der Waals surface area contributed by atoms with E-state index in [0.717, 1.165) is 32.2 Å². The number of carbonyl (C=O) groups is 1. The first-order valence-corrected chi connectivity index (χ1v) is 8.17. The van der Waals surface area contributed by atoms with Gasteiger partial charge in [-0.15, -0.1) is 0 Å². The van der Waals surface area contributed by atoms with Gasteiger partial charge in [-0.1, -0.05) is 12.8 Å². The van der Waals surface area contributed by atoms with Crippen molar-refractivity contribution in [1.82, 2.24) is 13.5 Å². The van der Waals surface area contributed by atoms with Gasteiger partial charge in [0.2, 0.25) is 5.91 Å². The van der Waals surface area contributed by atoms with E-state index in [4.69, 9.17) is 0 Å². The molecule has 1 rings (SSSR count). The average molecular weight is 291 g/mol. The molecule has 0 aromatic carbocycles. The third kappa shape index (κ3) is 4.74. The van der Waals surface area contributed by atoms with Crippen LogP contribution in [-0.4, -0.2) is 68.6 Å². The van der Waals surface area contributed by atoms with E-state index >= 15 is 0 Å². The molecule has 7 heteroatoms. The van der Waals surface area contributed by atoms with Gasteiger partial charge in [-0.25, -0.2) is 0 Å². The minimum Gasteiger partial charge on any atom is -0.346 e. The van der Waals surface area contributed by atoms with Gasteiger partial charge in [-0.2, -0.15) is 17.0 Å². The summed E-state index contributed by atoms with van der Waals surface area (Å²) in [5, 5.41) is 0. The van der Waals surface area contributed by atoms with Crippen LogP contribution in [0.1, 0.15) is 32.1 Å². The highest BCUT2D eigenvalue weighted by Gasteiger charge is 2.25. The van der Waals surface area contributed by atoms with Gasteiger partial charge in [0.15, 0.2) is 0 Å². The smallest absolute Gasteiger partial charge is 0.281 e. The van der Waals surface area contributed by atoms with Crippen molar-refractivity contribution in [2.45, 2.75) is 32.1 Å². The second-order valence-electron chi connectivity index (χ2n) is 5.17. The second kappa shape index (κ2) is 7.21. The molecule has 112 valence electrons. The maximum absolute atomic E-state index is 12.1. The molecule has 0 aromatic heterocycles. The largest absolute Gasteiger partial charge is 0.346 e. The first kappa shape index (κ1) is 16.4. The Kier molecular flexibility index (Phi) is 6.22. The van der Waals surface area contributed by atoms with E-state index in [-0.39, 0.29) is 18.9 Å². The van der Waals surface area contributed by atoms with Gasteiger partial charge in [0.25, 0.3) is 10.2 Å². The Morgan fingerprint density at radius 3 is 2.16 bits per heavy atom. The third-order valence-electron chi connectivity index (χ3n) is 3.44. The minimum atomic E-state index is -3.42. The summed E-state index contributed by atoms with van der Waals surface area (Å²) in [5.41, 5.74) is 0. The zero-order valence-electron chi connectivity index (χ0n) is 12.1. The molecular formula is C12H25N3O3S. The number of hydrogen-bond acceptors (Lipinski definition) is 3. The van der Waals surface area contributed by atoms with E-state index in [2.05, 4.69) is 0 Å². The lowest BCUT2D eigenvalue weighted by Gasteiger charge is -2.25. The molecule has 0 radical (unpaired) electrons. The molecule has 1 fully saturated rings. The zero-order chi connectivity index (χ0) is 14.5. The Morgan fingerprint density at radius 2 is 1.58 bits per heavy atom. The van der Waals surface area contributed by atoms with E-state index in [9.17, 15) is 13.2 Å². The summed E-state index contributed by atoms with van der Waals surface area (Å²) in [6, 6.07) is 0. The molecule has 1 aliphatic heterocycles. The Bertz CT molecular complexity index is 395. The zero-order valence-corrected chi connectivity index (χ0v) is 12.9. The molecule has 1 aliphatic rings. The van der Waals surface area contributed by atoms with Crippen molar-refractivity contribution in [3.63, 3.8) is 0 Å². The Balaban J connectivity index is 2.77. The van der Waals surface area contributed by atoms with Gasteiger partial charge in [0, 0.05) is 47.2 Å². The molecule has 1 saturated heterocycles. The molecule has 0 aromatic rings. The highest BCUT2D eigenvalue weighted by Crippen LogP contribution is 2.12.